The van der Waals surface area contributed by atoms with Crippen molar-refractivity contribution in [2.45, 2.75) is 25.4 Å². The third-order valence-electron chi connectivity index (χ3n) is 4.40. The third-order valence-corrected chi connectivity index (χ3v) is 7.51. The lowest BCUT2D eigenvalue weighted by Crippen LogP contribution is -2.27. The molecule has 4 aromatic rings. The average molecular weight is 415 g/mol. The number of fused-ring (bicyclic) bond motifs is 2. The van der Waals surface area contributed by atoms with E-state index in [0.29, 0.717) is 12.3 Å². The van der Waals surface area contributed by atoms with Crippen molar-refractivity contribution in [3.8, 4) is 0 Å². The molecular weight excluding hydrogens is 396 g/mol. The molecule has 4 rings (SSSR count). The number of hydrogen-bond acceptors (Lipinski definition) is 7. The molecule has 0 unspecified atom stereocenters. The summed E-state index contributed by atoms with van der Waals surface area (Å²) in [7, 11) is 1.82. The molecule has 3 aromatic heterocycles. The Labute approximate surface area is 169 Å². The van der Waals surface area contributed by atoms with Crippen LogP contribution in [0.2, 0.25) is 0 Å². The van der Waals surface area contributed by atoms with E-state index < -0.39 is 0 Å². The van der Waals surface area contributed by atoms with Gasteiger partial charge in [-0.25, -0.2) is 15.0 Å². The maximum atomic E-state index is 12.6. The fourth-order valence-corrected chi connectivity index (χ4v) is 5.86. The van der Waals surface area contributed by atoms with Crippen molar-refractivity contribution >= 4 is 60.8 Å². The summed E-state index contributed by atoms with van der Waals surface area (Å²) in [6.45, 7) is 4.70. The molecule has 0 aliphatic carbocycles. The molecule has 0 saturated carbocycles. The highest BCUT2D eigenvalue weighted by Crippen LogP contribution is 2.34. The second-order valence-corrected chi connectivity index (χ2v) is 9.54. The Morgan fingerprint density at radius 1 is 1.19 bits per heavy atom. The van der Waals surface area contributed by atoms with Crippen LogP contribution >= 0.6 is 34.4 Å². The highest BCUT2D eigenvalue weighted by Gasteiger charge is 2.16. The molecule has 5 nitrogen and oxygen atoms in total. The number of aromatic nitrogens is 3. The van der Waals surface area contributed by atoms with Gasteiger partial charge in [0.1, 0.15) is 21.2 Å². The first-order valence-corrected chi connectivity index (χ1v) is 11.1. The highest BCUT2D eigenvalue weighted by molar-refractivity contribution is 8.00. The number of nitrogens with zero attached hydrogens (tertiary/aromatic N) is 4. The highest BCUT2D eigenvalue weighted by atomic mass is 32.2. The van der Waals surface area contributed by atoms with Crippen LogP contribution in [0.25, 0.3) is 20.4 Å². The zero-order valence-corrected chi connectivity index (χ0v) is 17.7. The number of thiazole rings is 1. The Morgan fingerprint density at radius 2 is 2.00 bits per heavy atom. The predicted octanol–water partition coefficient (Wildman–Crippen LogP) is 4.67. The standard InChI is InChI=1S/C19H18N4OS3/c1-11-12(2)26-19-17(11)18(20-10-21-19)25-9-16(24)23(3)8-15-22-13-6-4-5-7-14(13)27-15/h4-7,10H,8-9H2,1-3H3. The summed E-state index contributed by atoms with van der Waals surface area (Å²) in [5.41, 5.74) is 2.19. The smallest absolute Gasteiger partial charge is 0.233 e. The summed E-state index contributed by atoms with van der Waals surface area (Å²) < 4.78 is 1.15. The van der Waals surface area contributed by atoms with Crippen LogP contribution in [0.1, 0.15) is 15.4 Å². The van der Waals surface area contributed by atoms with Crippen molar-refractivity contribution in [3.05, 3.63) is 46.0 Å². The molecule has 0 bridgehead atoms. The average Bonchev–Trinajstić information content (AvgIpc) is 3.20. The number of rotatable bonds is 5. The lowest BCUT2D eigenvalue weighted by molar-refractivity contribution is -0.127. The minimum atomic E-state index is 0.0654. The van der Waals surface area contributed by atoms with Crippen LogP contribution in [0.5, 0.6) is 0 Å². The van der Waals surface area contributed by atoms with Crippen molar-refractivity contribution in [2.24, 2.45) is 0 Å². The molecule has 8 heteroatoms. The largest absolute Gasteiger partial charge is 0.338 e. The first-order chi connectivity index (χ1) is 13.0. The SMILES string of the molecule is Cc1sc2ncnc(SCC(=O)N(C)Cc3nc4ccccc4s3)c2c1C. The van der Waals surface area contributed by atoms with Crippen molar-refractivity contribution in [3.63, 3.8) is 0 Å². The molecule has 27 heavy (non-hydrogen) atoms. The molecule has 0 spiro atoms. The number of thiophene rings is 1. The van der Waals surface area contributed by atoms with Crippen molar-refractivity contribution in [1.82, 2.24) is 19.9 Å². The molecule has 0 aliphatic heterocycles. The van der Waals surface area contributed by atoms with E-state index in [4.69, 9.17) is 0 Å². The molecule has 0 fully saturated rings. The molecule has 0 atom stereocenters. The third kappa shape index (κ3) is 3.69. The van der Waals surface area contributed by atoms with Gasteiger partial charge in [-0.3, -0.25) is 4.79 Å². The first kappa shape index (κ1) is 18.3. The quantitative estimate of drug-likeness (QED) is 0.351. The summed E-state index contributed by atoms with van der Waals surface area (Å²) in [6.07, 6.45) is 1.58. The van der Waals surface area contributed by atoms with Crippen LogP contribution in [0.3, 0.4) is 0 Å². The van der Waals surface area contributed by atoms with Gasteiger partial charge >= 0.3 is 0 Å². The number of amides is 1. The summed E-state index contributed by atoms with van der Waals surface area (Å²) in [6, 6.07) is 8.04. The van der Waals surface area contributed by atoms with E-state index in [1.165, 1.54) is 22.2 Å². The van der Waals surface area contributed by atoms with Crippen molar-refractivity contribution < 1.29 is 4.79 Å². The van der Waals surface area contributed by atoms with Crippen molar-refractivity contribution in [2.75, 3.05) is 12.8 Å². The van der Waals surface area contributed by atoms with E-state index in [0.717, 1.165) is 30.5 Å². The van der Waals surface area contributed by atoms with Gasteiger partial charge < -0.3 is 4.90 Å². The molecule has 0 radical (unpaired) electrons. The lowest BCUT2D eigenvalue weighted by Gasteiger charge is -2.15. The number of para-hydroxylation sites is 1. The van der Waals surface area contributed by atoms with Gasteiger partial charge in [-0.1, -0.05) is 23.9 Å². The monoisotopic (exact) mass is 414 g/mol. The van der Waals surface area contributed by atoms with Crippen LogP contribution in [0.15, 0.2) is 35.6 Å². The van der Waals surface area contributed by atoms with Gasteiger partial charge in [-0.15, -0.1) is 22.7 Å². The zero-order chi connectivity index (χ0) is 19.0. The van der Waals surface area contributed by atoms with E-state index >= 15 is 0 Å². The van der Waals surface area contributed by atoms with Gasteiger partial charge in [0.25, 0.3) is 0 Å². The summed E-state index contributed by atoms with van der Waals surface area (Å²) in [5.74, 6) is 0.414. The summed E-state index contributed by atoms with van der Waals surface area (Å²) >= 11 is 4.78. The number of aryl methyl sites for hydroxylation is 2. The maximum Gasteiger partial charge on any atom is 0.233 e. The Bertz CT molecular complexity index is 1100. The minimum absolute atomic E-state index is 0.0654. The number of thioether (sulfide) groups is 1. The van der Waals surface area contributed by atoms with Crippen LogP contribution in [-0.2, 0) is 11.3 Å². The van der Waals surface area contributed by atoms with E-state index in [9.17, 15) is 4.79 Å². The molecule has 0 aliphatic rings. The maximum absolute atomic E-state index is 12.6. The fourth-order valence-electron chi connectivity index (χ4n) is 2.78. The summed E-state index contributed by atoms with van der Waals surface area (Å²) in [5, 5.41) is 2.90. The fraction of sp³-hybridized carbons (Fsp3) is 0.263. The number of hydrogen-bond donors (Lipinski definition) is 0. The predicted molar refractivity (Wildman–Crippen MR) is 114 cm³/mol. The lowest BCUT2D eigenvalue weighted by atomic mass is 10.2. The Kier molecular flexibility index (Phi) is 5.12. The topological polar surface area (TPSA) is 59.0 Å². The number of carbonyl (C=O) groups is 1. The molecule has 0 saturated heterocycles. The van der Waals surface area contributed by atoms with Gasteiger partial charge in [-0.05, 0) is 31.5 Å². The van der Waals surface area contributed by atoms with Gasteiger partial charge in [0, 0.05) is 17.3 Å². The molecule has 3 heterocycles. The van der Waals surface area contributed by atoms with E-state index in [1.807, 2.05) is 25.2 Å². The van der Waals surface area contributed by atoms with Crippen molar-refractivity contribution in [1.29, 1.82) is 0 Å². The second kappa shape index (κ2) is 7.53. The van der Waals surface area contributed by atoms with Crippen LogP contribution in [0, 0.1) is 13.8 Å². The van der Waals surface area contributed by atoms with Gasteiger partial charge in [-0.2, -0.15) is 0 Å². The van der Waals surface area contributed by atoms with Crippen LogP contribution in [-0.4, -0.2) is 38.6 Å². The minimum Gasteiger partial charge on any atom is -0.338 e. The summed E-state index contributed by atoms with van der Waals surface area (Å²) in [4.78, 5) is 29.9. The molecule has 138 valence electrons. The van der Waals surface area contributed by atoms with Crippen LogP contribution in [0.4, 0.5) is 0 Å². The number of benzene rings is 1. The van der Waals surface area contributed by atoms with Gasteiger partial charge in [0.2, 0.25) is 5.91 Å². The Balaban J connectivity index is 1.44. The van der Waals surface area contributed by atoms with Crippen LogP contribution < -0.4 is 0 Å². The number of carbonyl (C=O) groups excluding carboxylic acids is 1. The van der Waals surface area contributed by atoms with Gasteiger partial charge in [0.15, 0.2) is 0 Å². The zero-order valence-electron chi connectivity index (χ0n) is 15.2. The van der Waals surface area contributed by atoms with E-state index in [1.54, 1.807) is 33.9 Å². The molecule has 1 aromatic carbocycles. The Hall–Kier alpha value is -2.03. The first-order valence-electron chi connectivity index (χ1n) is 8.45. The second-order valence-electron chi connectivity index (χ2n) is 6.26. The van der Waals surface area contributed by atoms with E-state index in [-0.39, 0.29) is 5.91 Å². The molecule has 0 N–H and O–H groups in total. The normalized spacial score (nSPS) is 11.4. The molecule has 1 amide bonds. The molecular formula is C19H18N4OS3. The van der Waals surface area contributed by atoms with Gasteiger partial charge in [0.05, 0.1) is 22.5 Å². The van der Waals surface area contributed by atoms with E-state index in [2.05, 4.69) is 34.9 Å². The Morgan fingerprint density at radius 3 is 2.81 bits per heavy atom.